The highest BCUT2D eigenvalue weighted by atomic mass is 16.1. The predicted octanol–water partition coefficient (Wildman–Crippen LogP) is 2.32. The molecular formula is C20H19N5O. The molecular weight excluding hydrogens is 326 g/mol. The molecule has 2 aliphatic heterocycles. The van der Waals surface area contributed by atoms with E-state index in [2.05, 4.69) is 20.9 Å². The van der Waals surface area contributed by atoms with Gasteiger partial charge in [0.15, 0.2) is 0 Å². The Morgan fingerprint density at radius 1 is 1.00 bits per heavy atom. The molecule has 0 N–H and O–H groups in total. The fraction of sp³-hybridized carbons (Fsp3) is 0.300. The van der Waals surface area contributed by atoms with Crippen LogP contribution in [0.4, 0.5) is 5.95 Å². The molecule has 0 unspecified atom stereocenters. The molecule has 3 aromatic heterocycles. The van der Waals surface area contributed by atoms with Gasteiger partial charge < -0.3 is 9.47 Å². The van der Waals surface area contributed by atoms with Crippen LogP contribution in [0.2, 0.25) is 0 Å². The second-order valence-electron chi connectivity index (χ2n) is 7.09. The van der Waals surface area contributed by atoms with Crippen molar-refractivity contribution >= 4 is 5.95 Å². The van der Waals surface area contributed by atoms with Gasteiger partial charge in [-0.3, -0.25) is 9.78 Å². The lowest BCUT2D eigenvalue weighted by atomic mass is 9.83. The van der Waals surface area contributed by atoms with Gasteiger partial charge in [-0.05, 0) is 36.6 Å². The summed E-state index contributed by atoms with van der Waals surface area (Å²) >= 11 is 0. The monoisotopic (exact) mass is 345 g/mol. The third-order valence-electron chi connectivity index (χ3n) is 5.36. The predicted molar refractivity (Wildman–Crippen MR) is 99.0 cm³/mol. The molecule has 0 saturated carbocycles. The molecule has 6 heteroatoms. The molecule has 1 saturated heterocycles. The molecule has 5 heterocycles. The van der Waals surface area contributed by atoms with Crippen molar-refractivity contribution in [3.8, 4) is 11.3 Å². The Hall–Kier alpha value is -3.02. The molecule has 0 aliphatic carbocycles. The summed E-state index contributed by atoms with van der Waals surface area (Å²) in [5, 5.41) is 0. The SMILES string of the molecule is O=c1cccc2n1C[C@H]1C[C@H]2CN(c2nccc(-c3cccnc3)n2)C1. The minimum absolute atomic E-state index is 0.112. The van der Waals surface area contributed by atoms with Gasteiger partial charge in [0.1, 0.15) is 0 Å². The number of hydrogen-bond donors (Lipinski definition) is 0. The average molecular weight is 345 g/mol. The van der Waals surface area contributed by atoms with Crippen molar-refractivity contribution in [2.45, 2.75) is 18.9 Å². The first-order valence-corrected chi connectivity index (χ1v) is 8.96. The summed E-state index contributed by atoms with van der Waals surface area (Å²) < 4.78 is 1.95. The van der Waals surface area contributed by atoms with E-state index >= 15 is 0 Å². The van der Waals surface area contributed by atoms with Gasteiger partial charge >= 0.3 is 0 Å². The van der Waals surface area contributed by atoms with Crippen LogP contribution in [0.1, 0.15) is 18.0 Å². The van der Waals surface area contributed by atoms with Crippen LogP contribution in [-0.4, -0.2) is 32.6 Å². The third kappa shape index (κ3) is 2.58. The second kappa shape index (κ2) is 6.05. The molecule has 130 valence electrons. The minimum Gasteiger partial charge on any atom is -0.340 e. The van der Waals surface area contributed by atoms with Crippen LogP contribution in [-0.2, 0) is 6.54 Å². The number of pyridine rings is 2. The van der Waals surface area contributed by atoms with Crippen LogP contribution >= 0.6 is 0 Å². The fourth-order valence-corrected chi connectivity index (χ4v) is 4.24. The van der Waals surface area contributed by atoms with Gasteiger partial charge in [0.05, 0.1) is 5.69 Å². The van der Waals surface area contributed by atoms with E-state index in [1.54, 1.807) is 12.3 Å². The number of rotatable bonds is 2. The van der Waals surface area contributed by atoms with Gasteiger partial charge in [0.2, 0.25) is 5.95 Å². The summed E-state index contributed by atoms with van der Waals surface area (Å²) in [6, 6.07) is 11.4. The van der Waals surface area contributed by atoms with Crippen LogP contribution in [0, 0.1) is 5.92 Å². The Morgan fingerprint density at radius 3 is 2.85 bits per heavy atom. The van der Waals surface area contributed by atoms with Gasteiger partial charge in [0, 0.05) is 61.5 Å². The second-order valence-corrected chi connectivity index (χ2v) is 7.09. The van der Waals surface area contributed by atoms with E-state index in [0.29, 0.717) is 11.8 Å². The number of aromatic nitrogens is 4. The fourth-order valence-electron chi connectivity index (χ4n) is 4.24. The summed E-state index contributed by atoms with van der Waals surface area (Å²) in [6.07, 6.45) is 6.52. The lowest BCUT2D eigenvalue weighted by molar-refractivity contribution is 0.279. The Kier molecular flexibility index (Phi) is 3.55. The van der Waals surface area contributed by atoms with Crippen LogP contribution in [0.25, 0.3) is 11.3 Å². The quantitative estimate of drug-likeness (QED) is 0.713. The molecule has 0 amide bonds. The summed E-state index contributed by atoms with van der Waals surface area (Å²) in [6.45, 7) is 2.51. The molecule has 0 spiro atoms. The van der Waals surface area contributed by atoms with Crippen LogP contribution in [0.15, 0.2) is 59.8 Å². The molecule has 1 fully saturated rings. The number of nitrogens with zero attached hydrogens (tertiary/aromatic N) is 5. The third-order valence-corrected chi connectivity index (χ3v) is 5.36. The van der Waals surface area contributed by atoms with Crippen LogP contribution in [0.3, 0.4) is 0 Å². The standard InChI is InChI=1S/C20H19N5O/c26-19-5-1-4-18-16-9-14(12-25(18)19)11-24(13-16)20-22-8-6-17(23-20)15-3-2-7-21-10-15/h1-8,10,14,16H,9,11-13H2/t14-,16-/m0/s1. The molecule has 0 radical (unpaired) electrons. The number of hydrogen-bond acceptors (Lipinski definition) is 5. The Labute approximate surface area is 151 Å². The van der Waals surface area contributed by atoms with Crippen LogP contribution < -0.4 is 10.5 Å². The lowest BCUT2D eigenvalue weighted by Gasteiger charge is -2.42. The maximum atomic E-state index is 12.2. The average Bonchev–Trinajstić information content (AvgIpc) is 2.69. The van der Waals surface area contributed by atoms with Crippen molar-refractivity contribution in [1.29, 1.82) is 0 Å². The van der Waals surface area contributed by atoms with E-state index in [9.17, 15) is 4.79 Å². The summed E-state index contributed by atoms with van der Waals surface area (Å²) in [4.78, 5) is 27.9. The van der Waals surface area contributed by atoms with Crippen molar-refractivity contribution in [2.75, 3.05) is 18.0 Å². The molecule has 3 aromatic rings. The molecule has 2 bridgehead atoms. The van der Waals surface area contributed by atoms with Crippen molar-refractivity contribution in [2.24, 2.45) is 5.92 Å². The van der Waals surface area contributed by atoms with E-state index in [-0.39, 0.29) is 5.56 Å². The Morgan fingerprint density at radius 2 is 1.96 bits per heavy atom. The lowest BCUT2D eigenvalue weighted by Crippen LogP contribution is -2.47. The van der Waals surface area contributed by atoms with E-state index in [1.165, 1.54) is 0 Å². The molecule has 6 nitrogen and oxygen atoms in total. The number of anilines is 1. The zero-order valence-electron chi connectivity index (χ0n) is 14.3. The van der Waals surface area contributed by atoms with E-state index < -0.39 is 0 Å². The first kappa shape index (κ1) is 15.3. The highest BCUT2D eigenvalue weighted by molar-refractivity contribution is 5.58. The highest BCUT2D eigenvalue weighted by Gasteiger charge is 2.35. The van der Waals surface area contributed by atoms with Gasteiger partial charge in [-0.15, -0.1) is 0 Å². The van der Waals surface area contributed by atoms with Gasteiger partial charge in [0.25, 0.3) is 5.56 Å². The van der Waals surface area contributed by atoms with E-state index in [0.717, 1.165) is 49.0 Å². The molecule has 5 rings (SSSR count). The van der Waals surface area contributed by atoms with E-state index in [1.807, 2.05) is 41.2 Å². The summed E-state index contributed by atoms with van der Waals surface area (Å²) in [5.41, 5.74) is 3.13. The van der Waals surface area contributed by atoms with Gasteiger partial charge in [-0.25, -0.2) is 9.97 Å². The van der Waals surface area contributed by atoms with Crippen molar-refractivity contribution in [1.82, 2.24) is 19.5 Å². The Balaban J connectivity index is 1.47. The van der Waals surface area contributed by atoms with E-state index in [4.69, 9.17) is 4.98 Å². The largest absolute Gasteiger partial charge is 0.340 e. The molecule has 2 atom stereocenters. The molecule has 26 heavy (non-hydrogen) atoms. The van der Waals surface area contributed by atoms with Crippen LogP contribution in [0.5, 0.6) is 0 Å². The summed E-state index contributed by atoms with van der Waals surface area (Å²) in [5.74, 6) is 1.56. The van der Waals surface area contributed by atoms with Gasteiger partial charge in [-0.1, -0.05) is 6.07 Å². The minimum atomic E-state index is 0.112. The number of fused-ring (bicyclic) bond motifs is 4. The maximum absolute atomic E-state index is 12.2. The topological polar surface area (TPSA) is 63.9 Å². The highest BCUT2D eigenvalue weighted by Crippen LogP contribution is 2.36. The zero-order valence-corrected chi connectivity index (χ0v) is 14.3. The smallest absolute Gasteiger partial charge is 0.250 e. The normalized spacial score (nSPS) is 21.3. The first-order chi connectivity index (χ1) is 12.8. The number of piperidine rings is 1. The molecule has 2 aliphatic rings. The van der Waals surface area contributed by atoms with Crippen molar-refractivity contribution in [3.05, 3.63) is 71.0 Å². The maximum Gasteiger partial charge on any atom is 0.250 e. The summed E-state index contributed by atoms with van der Waals surface area (Å²) in [7, 11) is 0. The Bertz CT molecular complexity index is 1000. The molecule has 0 aromatic carbocycles. The van der Waals surface area contributed by atoms with Crippen molar-refractivity contribution in [3.63, 3.8) is 0 Å². The first-order valence-electron chi connectivity index (χ1n) is 8.96. The van der Waals surface area contributed by atoms with Crippen molar-refractivity contribution < 1.29 is 0 Å². The zero-order chi connectivity index (χ0) is 17.5. The van der Waals surface area contributed by atoms with Gasteiger partial charge in [-0.2, -0.15) is 0 Å².